The quantitative estimate of drug-likeness (QED) is 0.655. The first-order valence-corrected chi connectivity index (χ1v) is 4.23. The topological polar surface area (TPSA) is 30.2 Å². The summed E-state index contributed by atoms with van der Waals surface area (Å²) in [6, 6.07) is 7.90. The van der Waals surface area contributed by atoms with Gasteiger partial charge in [-0.2, -0.15) is 0 Å². The lowest BCUT2D eigenvalue weighted by atomic mass is 10.1. The van der Waals surface area contributed by atoms with Gasteiger partial charge in [-0.05, 0) is 6.92 Å². The summed E-state index contributed by atoms with van der Waals surface area (Å²) in [6.45, 7) is 1.91. The zero-order valence-corrected chi connectivity index (χ0v) is 7.41. The number of hydrogen-bond acceptors (Lipinski definition) is 2. The zero-order chi connectivity index (χ0) is 9.26. The van der Waals surface area contributed by atoms with Gasteiger partial charge in [0.05, 0.1) is 6.42 Å². The van der Waals surface area contributed by atoms with E-state index in [1.54, 1.807) is 0 Å². The molecule has 1 aromatic heterocycles. The van der Waals surface area contributed by atoms with Crippen molar-refractivity contribution in [3.63, 3.8) is 0 Å². The first kappa shape index (κ1) is 8.05. The highest BCUT2D eigenvalue weighted by atomic mass is 16.3. The van der Waals surface area contributed by atoms with Gasteiger partial charge < -0.3 is 9.21 Å². The van der Waals surface area contributed by atoms with Gasteiger partial charge in [0.1, 0.15) is 17.8 Å². The molecule has 0 radical (unpaired) electrons. The SMILES string of the molecule is Cc1oc(CC=O)c2ccccc12. The molecular formula is C11H10O2. The second kappa shape index (κ2) is 3.05. The number of benzene rings is 1. The Morgan fingerprint density at radius 1 is 1.31 bits per heavy atom. The maximum Gasteiger partial charge on any atom is 0.127 e. The third-order valence-corrected chi connectivity index (χ3v) is 2.15. The van der Waals surface area contributed by atoms with Crippen molar-refractivity contribution in [3.8, 4) is 0 Å². The third-order valence-electron chi connectivity index (χ3n) is 2.15. The smallest absolute Gasteiger partial charge is 0.127 e. The molecule has 0 atom stereocenters. The molecule has 0 aliphatic carbocycles. The van der Waals surface area contributed by atoms with E-state index < -0.39 is 0 Å². The van der Waals surface area contributed by atoms with Crippen molar-refractivity contribution in [2.24, 2.45) is 0 Å². The molecule has 2 aromatic rings. The van der Waals surface area contributed by atoms with Crippen LogP contribution in [0.15, 0.2) is 28.7 Å². The molecule has 0 aliphatic heterocycles. The van der Waals surface area contributed by atoms with Crippen LogP contribution in [0, 0.1) is 6.92 Å². The van der Waals surface area contributed by atoms with Crippen LogP contribution < -0.4 is 0 Å². The monoisotopic (exact) mass is 174 g/mol. The van der Waals surface area contributed by atoms with Crippen LogP contribution in [0.4, 0.5) is 0 Å². The Kier molecular flexibility index (Phi) is 1.89. The molecule has 1 heterocycles. The van der Waals surface area contributed by atoms with Crippen LogP contribution in [0.2, 0.25) is 0 Å². The van der Waals surface area contributed by atoms with E-state index in [0.29, 0.717) is 6.42 Å². The predicted octanol–water partition coefficient (Wildman–Crippen LogP) is 2.48. The summed E-state index contributed by atoms with van der Waals surface area (Å²) in [7, 11) is 0. The third kappa shape index (κ3) is 1.24. The average molecular weight is 174 g/mol. The van der Waals surface area contributed by atoms with Crippen LogP contribution in [0.5, 0.6) is 0 Å². The summed E-state index contributed by atoms with van der Waals surface area (Å²) in [5.41, 5.74) is 0. The van der Waals surface area contributed by atoms with Crippen molar-refractivity contribution in [2.75, 3.05) is 0 Å². The number of hydrogen-bond donors (Lipinski definition) is 0. The number of carbonyl (C=O) groups is 1. The maximum atomic E-state index is 10.4. The lowest BCUT2D eigenvalue weighted by Crippen LogP contribution is -1.81. The Bertz CT molecular complexity index is 440. The highest BCUT2D eigenvalue weighted by Crippen LogP contribution is 2.24. The van der Waals surface area contributed by atoms with Crippen LogP contribution >= 0.6 is 0 Å². The fourth-order valence-electron chi connectivity index (χ4n) is 1.56. The van der Waals surface area contributed by atoms with E-state index in [1.165, 1.54) is 0 Å². The van der Waals surface area contributed by atoms with Gasteiger partial charge in [-0.1, -0.05) is 24.3 Å². The molecule has 66 valence electrons. The van der Waals surface area contributed by atoms with Gasteiger partial charge in [0, 0.05) is 10.8 Å². The number of furan rings is 1. The molecule has 1 aromatic carbocycles. The molecule has 0 spiro atoms. The van der Waals surface area contributed by atoms with Crippen molar-refractivity contribution < 1.29 is 9.21 Å². The molecule has 13 heavy (non-hydrogen) atoms. The fourth-order valence-corrected chi connectivity index (χ4v) is 1.56. The van der Waals surface area contributed by atoms with Gasteiger partial charge in [0.2, 0.25) is 0 Å². The van der Waals surface area contributed by atoms with E-state index in [0.717, 1.165) is 28.6 Å². The van der Waals surface area contributed by atoms with E-state index in [1.807, 2.05) is 31.2 Å². The van der Waals surface area contributed by atoms with E-state index in [-0.39, 0.29) is 0 Å². The summed E-state index contributed by atoms with van der Waals surface area (Å²) < 4.78 is 5.47. The predicted molar refractivity (Wildman–Crippen MR) is 50.7 cm³/mol. The molecule has 0 bridgehead atoms. The summed E-state index contributed by atoms with van der Waals surface area (Å²) >= 11 is 0. The number of aryl methyl sites for hydroxylation is 1. The molecular weight excluding hydrogens is 164 g/mol. The second-order valence-corrected chi connectivity index (χ2v) is 3.00. The highest BCUT2D eigenvalue weighted by molar-refractivity contribution is 5.87. The first-order valence-electron chi connectivity index (χ1n) is 4.23. The molecule has 0 N–H and O–H groups in total. The van der Waals surface area contributed by atoms with Crippen LogP contribution in [-0.2, 0) is 11.2 Å². The Morgan fingerprint density at radius 2 is 2.00 bits per heavy atom. The van der Waals surface area contributed by atoms with Crippen LogP contribution in [0.25, 0.3) is 10.8 Å². The van der Waals surface area contributed by atoms with Gasteiger partial charge in [0.15, 0.2) is 0 Å². The number of rotatable bonds is 2. The largest absolute Gasteiger partial charge is 0.465 e. The van der Waals surface area contributed by atoms with E-state index in [4.69, 9.17) is 4.42 Å². The number of aldehydes is 1. The van der Waals surface area contributed by atoms with E-state index >= 15 is 0 Å². The van der Waals surface area contributed by atoms with E-state index in [9.17, 15) is 4.79 Å². The summed E-state index contributed by atoms with van der Waals surface area (Å²) in [5.74, 6) is 1.65. The fraction of sp³-hybridized carbons (Fsp3) is 0.182. The Morgan fingerprint density at radius 3 is 2.69 bits per heavy atom. The van der Waals surface area contributed by atoms with Gasteiger partial charge in [-0.15, -0.1) is 0 Å². The normalized spacial score (nSPS) is 10.5. The van der Waals surface area contributed by atoms with Crippen molar-refractivity contribution in [3.05, 3.63) is 35.8 Å². The van der Waals surface area contributed by atoms with Gasteiger partial charge in [0.25, 0.3) is 0 Å². The molecule has 2 heteroatoms. The Balaban J connectivity index is 2.70. The average Bonchev–Trinajstić information content (AvgIpc) is 2.46. The molecule has 0 amide bonds. The second-order valence-electron chi connectivity index (χ2n) is 3.00. The molecule has 0 unspecified atom stereocenters. The molecule has 2 nitrogen and oxygen atoms in total. The lowest BCUT2D eigenvalue weighted by molar-refractivity contribution is -0.107. The Hall–Kier alpha value is -1.57. The van der Waals surface area contributed by atoms with Gasteiger partial charge in [-0.25, -0.2) is 0 Å². The number of carbonyl (C=O) groups excluding carboxylic acids is 1. The summed E-state index contributed by atoms with van der Waals surface area (Å²) in [6.07, 6.45) is 1.22. The molecule has 2 rings (SSSR count). The minimum atomic E-state index is 0.356. The van der Waals surface area contributed by atoms with Crippen LogP contribution in [0.3, 0.4) is 0 Å². The van der Waals surface area contributed by atoms with Crippen LogP contribution in [0.1, 0.15) is 11.5 Å². The molecule has 0 aliphatic rings. The minimum absolute atomic E-state index is 0.356. The van der Waals surface area contributed by atoms with E-state index in [2.05, 4.69) is 0 Å². The standard InChI is InChI=1S/C11H10O2/c1-8-9-4-2-3-5-10(9)11(13-8)6-7-12/h2-5,7H,6H2,1H3. The maximum absolute atomic E-state index is 10.4. The van der Waals surface area contributed by atoms with Crippen LogP contribution in [-0.4, -0.2) is 6.29 Å². The Labute approximate surface area is 76.2 Å². The zero-order valence-electron chi connectivity index (χ0n) is 7.41. The molecule has 0 saturated heterocycles. The molecule has 0 saturated carbocycles. The summed E-state index contributed by atoms with van der Waals surface area (Å²) in [5, 5.41) is 2.14. The van der Waals surface area contributed by atoms with Crippen molar-refractivity contribution >= 4 is 17.1 Å². The lowest BCUT2D eigenvalue weighted by Gasteiger charge is -1.88. The minimum Gasteiger partial charge on any atom is -0.465 e. The van der Waals surface area contributed by atoms with Crippen molar-refractivity contribution in [1.82, 2.24) is 0 Å². The van der Waals surface area contributed by atoms with Gasteiger partial charge in [-0.3, -0.25) is 0 Å². The molecule has 0 fully saturated rings. The number of fused-ring (bicyclic) bond motifs is 1. The summed E-state index contributed by atoms with van der Waals surface area (Å²) in [4.78, 5) is 10.4. The first-order chi connectivity index (χ1) is 6.33. The van der Waals surface area contributed by atoms with Gasteiger partial charge >= 0.3 is 0 Å². The highest BCUT2D eigenvalue weighted by Gasteiger charge is 2.07. The van der Waals surface area contributed by atoms with Crippen molar-refractivity contribution in [2.45, 2.75) is 13.3 Å². The van der Waals surface area contributed by atoms with Crippen molar-refractivity contribution in [1.29, 1.82) is 0 Å².